The molecular formula is C25H40Cl2F2N9O9PS3. The zero-order valence-corrected chi connectivity index (χ0v) is 33.7. The van der Waals surface area contributed by atoms with Crippen LogP contribution in [-0.4, -0.2) is 97.7 Å². The Labute approximate surface area is 309 Å². The molecule has 18 nitrogen and oxygen atoms in total. The number of carbonyl (C=O) groups is 1. The number of alkyl halides is 2. The highest BCUT2D eigenvalue weighted by Gasteiger charge is 2.23. The lowest BCUT2D eigenvalue weighted by Crippen LogP contribution is -2.37. The van der Waals surface area contributed by atoms with E-state index < -0.39 is 48.7 Å². The summed E-state index contributed by atoms with van der Waals surface area (Å²) in [7, 11) is -7.36. The van der Waals surface area contributed by atoms with Crippen LogP contribution in [0.4, 0.5) is 14.5 Å². The van der Waals surface area contributed by atoms with Crippen LogP contribution in [0.2, 0.25) is 10.0 Å². The lowest BCUT2D eigenvalue weighted by molar-refractivity contribution is -0.193. The number of aliphatic carboxylic acids is 1. The molecule has 0 radical (unpaired) electrons. The molecule has 0 fully saturated rings. The molecule has 0 aliphatic rings. The predicted molar refractivity (Wildman–Crippen MR) is 195 cm³/mol. The molecule has 0 amide bonds. The van der Waals surface area contributed by atoms with Gasteiger partial charge in [-0.15, -0.1) is 15.3 Å². The van der Waals surface area contributed by atoms with Gasteiger partial charge in [-0.25, -0.2) is 17.8 Å². The van der Waals surface area contributed by atoms with Crippen molar-refractivity contribution >= 4 is 75.1 Å². The molecular weight excluding hydrogens is 806 g/mol. The maximum absolute atomic E-state index is 12.8. The number of nitrogen functional groups attached to an aromatic ring is 1. The van der Waals surface area contributed by atoms with Crippen molar-refractivity contribution in [2.75, 3.05) is 54.7 Å². The van der Waals surface area contributed by atoms with E-state index in [0.29, 0.717) is 26.4 Å². The van der Waals surface area contributed by atoms with E-state index in [1.54, 1.807) is 6.26 Å². The average Bonchev–Trinajstić information content (AvgIpc) is 3.23. The van der Waals surface area contributed by atoms with E-state index in [0.717, 1.165) is 17.0 Å². The number of rotatable bonds is 9. The van der Waals surface area contributed by atoms with Crippen LogP contribution in [0.1, 0.15) is 38.8 Å². The highest BCUT2D eigenvalue weighted by Crippen LogP contribution is 2.31. The monoisotopic (exact) mass is 845 g/mol. The van der Waals surface area contributed by atoms with Crippen molar-refractivity contribution in [2.24, 2.45) is 0 Å². The number of anilines is 1. The molecule has 1 atom stereocenters. The minimum atomic E-state index is -4.35. The molecule has 290 valence electrons. The maximum atomic E-state index is 12.8. The average molecular weight is 847 g/mol. The molecule has 1 unspecified atom stereocenters. The molecule has 2 heterocycles. The molecule has 1 aromatic carbocycles. The van der Waals surface area contributed by atoms with Crippen molar-refractivity contribution in [1.29, 1.82) is 0 Å². The van der Waals surface area contributed by atoms with Crippen molar-refractivity contribution < 1.29 is 41.5 Å². The fourth-order valence-corrected chi connectivity index (χ4v) is 5.07. The van der Waals surface area contributed by atoms with Crippen LogP contribution in [0.25, 0.3) is 5.69 Å². The smallest absolute Gasteiger partial charge is 0.355 e. The van der Waals surface area contributed by atoms with Crippen molar-refractivity contribution in [1.82, 2.24) is 34.5 Å². The fourth-order valence-electron chi connectivity index (χ4n) is 3.13. The van der Waals surface area contributed by atoms with E-state index in [-0.39, 0.29) is 42.8 Å². The van der Waals surface area contributed by atoms with Gasteiger partial charge in [-0.1, -0.05) is 55.7 Å². The number of aryl methyl sites for hydroxylation is 1. The number of carboxylic acid groups (broad SMARTS) is 1. The molecule has 26 heteroatoms. The van der Waals surface area contributed by atoms with E-state index >= 15 is 0 Å². The number of halogens is 4. The van der Waals surface area contributed by atoms with Crippen LogP contribution in [0.5, 0.6) is 0 Å². The third-order valence-electron chi connectivity index (χ3n) is 5.08. The molecule has 3 aromatic rings. The van der Waals surface area contributed by atoms with Gasteiger partial charge in [0.05, 0.1) is 59.3 Å². The van der Waals surface area contributed by atoms with Gasteiger partial charge in [-0.05, 0) is 36.2 Å². The number of sulfonamides is 1. The highest BCUT2D eigenvalue weighted by atomic mass is 35.5. The van der Waals surface area contributed by atoms with Crippen molar-refractivity contribution in [3.05, 3.63) is 54.5 Å². The van der Waals surface area contributed by atoms with Crippen LogP contribution in [0, 0.1) is 6.92 Å². The number of aromatic nitrogens is 6. The Hall–Kier alpha value is -2.76. The summed E-state index contributed by atoms with van der Waals surface area (Å²) in [5.41, 5.74) is -1.50. The first kappa shape index (κ1) is 48.2. The summed E-state index contributed by atoms with van der Waals surface area (Å²) in [6.07, 6.45) is 8.57. The van der Waals surface area contributed by atoms with Gasteiger partial charge in [-0.2, -0.15) is 18.1 Å². The second-order valence-electron chi connectivity index (χ2n) is 11.3. The molecule has 0 bridgehead atoms. The molecule has 51 heavy (non-hydrogen) atoms. The second kappa shape index (κ2) is 20.5. The number of nitrogens with two attached hydrogens (primary N) is 1. The quantitative estimate of drug-likeness (QED) is 0.0883. The fraction of sp³-hybridized carbons (Fsp3) is 0.520. The Morgan fingerprint density at radius 3 is 2.10 bits per heavy atom. The number of hydrogen-bond donors (Lipinski definition) is 5. The summed E-state index contributed by atoms with van der Waals surface area (Å²) in [6.45, 7) is 3.37. The first-order valence-corrected chi connectivity index (χ1v) is 21.8. The van der Waals surface area contributed by atoms with Gasteiger partial charge in [0.15, 0.2) is 0 Å². The zero-order chi connectivity index (χ0) is 40.2. The molecule has 0 spiro atoms. The number of nitrogens with zero attached hydrogens (tertiary/aromatic N) is 6. The zero-order valence-electron chi connectivity index (χ0n) is 28.8. The summed E-state index contributed by atoms with van der Waals surface area (Å²) in [4.78, 5) is 51.5. The topological polar surface area (TPSA) is 269 Å². The maximum Gasteiger partial charge on any atom is 0.355 e. The Balaban J connectivity index is 0.000000759. The summed E-state index contributed by atoms with van der Waals surface area (Å²) in [5, 5.41) is 21.8. The second-order valence-corrected chi connectivity index (χ2v) is 18.7. The van der Waals surface area contributed by atoms with E-state index in [4.69, 9.17) is 39.0 Å². The van der Waals surface area contributed by atoms with Crippen LogP contribution in [-0.2, 0) is 35.7 Å². The molecule has 0 aliphatic heterocycles. The van der Waals surface area contributed by atoms with Crippen molar-refractivity contribution in [3.63, 3.8) is 0 Å². The lowest BCUT2D eigenvalue weighted by atomic mass is 9.93. The molecule has 0 saturated heterocycles. The summed E-state index contributed by atoms with van der Waals surface area (Å²) in [5.74, 6) is 4.17. The van der Waals surface area contributed by atoms with Gasteiger partial charge in [0, 0.05) is 5.41 Å². The number of nitrogens with one attached hydrogen (secondary N) is 2. The standard InChI is InChI=1S/C11H10Cl2F2N4O3S.C8H14N4OS.C3H8NO5P.C3H9S/c1-5-16-19(11(20)18(5)10(14)15)9-4-8(17-23(2,21)22)6(12)3-7(9)13;1-8(2,3)5-6(13)12(9)7(14-4)11-10-5;5-3(6)1-4-2-10(7,8)9;1-4(2)3/h3-4,10,17H,1-2H3;9H2,1-4H3;4H,1-2H2,(H,5,6)(H2,7,8,9);1-3H3/q;;;+1/p-1. The molecule has 6 N–H and O–H groups in total. The first-order chi connectivity index (χ1) is 23.0. The molecule has 3 rings (SSSR count). The Bertz CT molecular complexity index is 1920. The van der Waals surface area contributed by atoms with E-state index in [1.807, 2.05) is 26.1 Å². The molecule has 0 saturated carbocycles. The summed E-state index contributed by atoms with van der Waals surface area (Å²) < 4.78 is 62.3. The van der Waals surface area contributed by atoms with Crippen LogP contribution < -0.4 is 32.0 Å². The Morgan fingerprint density at radius 1 is 1.18 bits per heavy atom. The predicted octanol–water partition coefficient (Wildman–Crippen LogP) is 1.45. The van der Waals surface area contributed by atoms with Crippen molar-refractivity contribution in [2.45, 2.75) is 44.8 Å². The molecule has 2 aromatic heterocycles. The van der Waals surface area contributed by atoms with Gasteiger partial charge < -0.3 is 25.3 Å². The number of hydrogen-bond acceptors (Lipinski definition) is 13. The van der Waals surface area contributed by atoms with Gasteiger partial charge >= 0.3 is 18.2 Å². The summed E-state index contributed by atoms with van der Waals surface area (Å²) >= 11 is 13.1. The minimum absolute atomic E-state index is 0.0257. The lowest BCUT2D eigenvalue weighted by Gasteiger charge is -2.16. The summed E-state index contributed by atoms with van der Waals surface area (Å²) in [6, 6.07) is 2.31. The van der Waals surface area contributed by atoms with Crippen LogP contribution >= 0.6 is 42.6 Å². The van der Waals surface area contributed by atoms with E-state index in [9.17, 15) is 41.0 Å². The van der Waals surface area contributed by atoms with Gasteiger partial charge in [0.1, 0.15) is 19.1 Å². The Morgan fingerprint density at radius 2 is 1.71 bits per heavy atom. The normalized spacial score (nSPS) is 12.5. The van der Waals surface area contributed by atoms with Gasteiger partial charge in [-0.3, -0.25) is 19.6 Å². The third kappa shape index (κ3) is 17.5. The SMILES string of the molecule is CSc1nnc(C(C)(C)C)c(=O)n1N.C[S+](C)C.Cc1nn(-c2cc(NS(C)(=O)=O)c(Cl)cc2Cl)c(=O)n1C(F)F.O=C(O)CNCP(=O)([O-])O. The third-order valence-corrected chi connectivity index (χ3v) is 7.55. The van der Waals surface area contributed by atoms with Crippen LogP contribution in [0.3, 0.4) is 0 Å². The van der Waals surface area contributed by atoms with Crippen LogP contribution in [0.15, 0.2) is 26.9 Å². The Kier molecular flexibility index (Phi) is 19.4. The molecule has 0 aliphatic carbocycles. The highest BCUT2D eigenvalue weighted by molar-refractivity contribution is 7.98. The minimum Gasteiger partial charge on any atom is -0.778 e. The number of benzene rings is 1. The largest absolute Gasteiger partial charge is 0.778 e. The van der Waals surface area contributed by atoms with E-state index in [2.05, 4.69) is 38.8 Å². The van der Waals surface area contributed by atoms with Gasteiger partial charge in [0.25, 0.3) is 5.56 Å². The number of carboxylic acids is 1. The van der Waals surface area contributed by atoms with Gasteiger partial charge in [0.2, 0.25) is 15.2 Å². The van der Waals surface area contributed by atoms with Crippen molar-refractivity contribution in [3.8, 4) is 5.69 Å². The van der Waals surface area contributed by atoms with E-state index in [1.165, 1.54) is 24.8 Å². The first-order valence-electron chi connectivity index (χ1n) is 13.7. The number of thioether (sulfide) groups is 1.